The van der Waals surface area contributed by atoms with Crippen LogP contribution in [0.2, 0.25) is 0 Å². The van der Waals surface area contributed by atoms with Crippen molar-refractivity contribution in [2.24, 2.45) is 0 Å². The summed E-state index contributed by atoms with van der Waals surface area (Å²) >= 11 is 0. The molecule has 1 saturated carbocycles. The largest absolute Gasteiger partial charge is 0.339 e. The van der Waals surface area contributed by atoms with Gasteiger partial charge in [-0.3, -0.25) is 0 Å². The van der Waals surface area contributed by atoms with E-state index in [4.69, 9.17) is 4.52 Å². The summed E-state index contributed by atoms with van der Waals surface area (Å²) in [5.41, 5.74) is 1.23. The Kier molecular flexibility index (Phi) is 3.78. The van der Waals surface area contributed by atoms with Crippen molar-refractivity contribution in [1.29, 1.82) is 0 Å². The minimum atomic E-state index is -0.169. The van der Waals surface area contributed by atoms with Crippen LogP contribution >= 0.6 is 0 Å². The molecule has 1 aliphatic rings. The molecule has 1 aliphatic carbocycles. The van der Waals surface area contributed by atoms with Crippen molar-refractivity contribution in [1.82, 2.24) is 15.5 Å². The van der Waals surface area contributed by atoms with Crippen LogP contribution in [0.4, 0.5) is 4.39 Å². The van der Waals surface area contributed by atoms with Gasteiger partial charge in [0.25, 0.3) is 0 Å². The summed E-state index contributed by atoms with van der Waals surface area (Å²) in [6.07, 6.45) is 2.97. The van der Waals surface area contributed by atoms with Crippen molar-refractivity contribution in [3.8, 4) is 0 Å². The van der Waals surface area contributed by atoms with Crippen LogP contribution in [-0.4, -0.2) is 22.7 Å². The lowest BCUT2D eigenvalue weighted by molar-refractivity contribution is 0.287. The summed E-state index contributed by atoms with van der Waals surface area (Å²) < 4.78 is 17.9. The second kappa shape index (κ2) is 5.71. The molecule has 1 fully saturated rings. The Hall–Kier alpha value is -1.75. The molecular weight excluding hydrogens is 257 g/mol. The Morgan fingerprint density at radius 2 is 2.05 bits per heavy atom. The van der Waals surface area contributed by atoms with Gasteiger partial charge < -0.3 is 9.84 Å². The average molecular weight is 275 g/mol. The summed E-state index contributed by atoms with van der Waals surface area (Å²) in [5, 5.41) is 7.25. The highest BCUT2D eigenvalue weighted by Crippen LogP contribution is 2.36. The van der Waals surface area contributed by atoms with Crippen molar-refractivity contribution in [2.75, 3.05) is 6.54 Å². The van der Waals surface area contributed by atoms with Gasteiger partial charge in [0.1, 0.15) is 5.82 Å². The van der Waals surface area contributed by atoms with Crippen LogP contribution in [0.15, 0.2) is 28.8 Å². The smallest absolute Gasteiger partial charge is 0.227 e. The summed E-state index contributed by atoms with van der Waals surface area (Å²) in [5.74, 6) is 1.75. The standard InChI is InChI=1S/C15H18FN3O/c1-10-18-15(20-19-10)6-7-17-14-8-12(9-14)11-2-4-13(16)5-3-11/h2-5,12,14,17H,6-9H2,1H3. The van der Waals surface area contributed by atoms with Crippen molar-refractivity contribution in [2.45, 2.75) is 38.1 Å². The minimum Gasteiger partial charge on any atom is -0.339 e. The fourth-order valence-electron chi connectivity index (χ4n) is 2.62. The quantitative estimate of drug-likeness (QED) is 0.911. The molecule has 0 unspecified atom stereocenters. The maximum atomic E-state index is 12.8. The van der Waals surface area contributed by atoms with Crippen LogP contribution in [0.25, 0.3) is 0 Å². The molecule has 1 heterocycles. The van der Waals surface area contributed by atoms with E-state index in [1.54, 1.807) is 0 Å². The van der Waals surface area contributed by atoms with Crippen molar-refractivity contribution in [3.05, 3.63) is 47.4 Å². The first kappa shape index (κ1) is 13.2. The maximum absolute atomic E-state index is 12.8. The summed E-state index contributed by atoms with van der Waals surface area (Å²) in [7, 11) is 0. The monoisotopic (exact) mass is 275 g/mol. The van der Waals surface area contributed by atoms with Gasteiger partial charge in [-0.1, -0.05) is 17.3 Å². The number of rotatable bonds is 5. The molecule has 0 radical (unpaired) electrons. The van der Waals surface area contributed by atoms with Gasteiger partial charge in [0.05, 0.1) is 0 Å². The zero-order valence-electron chi connectivity index (χ0n) is 11.5. The van der Waals surface area contributed by atoms with E-state index in [0.29, 0.717) is 23.7 Å². The molecule has 5 heteroatoms. The molecule has 0 saturated heterocycles. The van der Waals surface area contributed by atoms with Crippen LogP contribution in [0.5, 0.6) is 0 Å². The van der Waals surface area contributed by atoms with Crippen LogP contribution in [0, 0.1) is 12.7 Å². The SMILES string of the molecule is Cc1noc(CCNC2CC(c3ccc(F)cc3)C2)n1. The minimum absolute atomic E-state index is 0.169. The van der Waals surface area contributed by atoms with Gasteiger partial charge in [0, 0.05) is 19.0 Å². The van der Waals surface area contributed by atoms with E-state index >= 15 is 0 Å². The number of nitrogens with one attached hydrogen (secondary N) is 1. The first-order chi connectivity index (χ1) is 9.70. The van der Waals surface area contributed by atoms with E-state index in [0.717, 1.165) is 25.8 Å². The lowest BCUT2D eigenvalue weighted by Crippen LogP contribution is -2.40. The first-order valence-electron chi connectivity index (χ1n) is 6.99. The summed E-state index contributed by atoms with van der Waals surface area (Å²) in [6.45, 7) is 2.67. The Morgan fingerprint density at radius 3 is 2.70 bits per heavy atom. The molecule has 0 atom stereocenters. The lowest BCUT2D eigenvalue weighted by atomic mass is 9.76. The second-order valence-electron chi connectivity index (χ2n) is 5.36. The Morgan fingerprint density at radius 1 is 1.30 bits per heavy atom. The molecule has 0 bridgehead atoms. The van der Waals surface area contributed by atoms with Gasteiger partial charge in [-0.15, -0.1) is 0 Å². The molecule has 3 rings (SSSR count). The normalized spacial score (nSPS) is 21.7. The summed E-state index contributed by atoms with van der Waals surface area (Å²) in [4.78, 5) is 4.17. The van der Waals surface area contributed by atoms with Gasteiger partial charge in [0.2, 0.25) is 5.89 Å². The van der Waals surface area contributed by atoms with E-state index < -0.39 is 0 Å². The van der Waals surface area contributed by atoms with E-state index in [1.807, 2.05) is 19.1 Å². The molecule has 106 valence electrons. The van der Waals surface area contributed by atoms with E-state index in [9.17, 15) is 4.39 Å². The number of hydrogen-bond donors (Lipinski definition) is 1. The molecule has 1 aromatic heterocycles. The van der Waals surface area contributed by atoms with Crippen molar-refractivity contribution < 1.29 is 8.91 Å². The Balaban J connectivity index is 1.39. The van der Waals surface area contributed by atoms with E-state index in [1.165, 1.54) is 17.7 Å². The van der Waals surface area contributed by atoms with Crippen molar-refractivity contribution >= 4 is 0 Å². The zero-order valence-corrected chi connectivity index (χ0v) is 11.5. The Labute approximate surface area is 117 Å². The average Bonchev–Trinajstić information content (AvgIpc) is 2.80. The van der Waals surface area contributed by atoms with Gasteiger partial charge >= 0.3 is 0 Å². The van der Waals surface area contributed by atoms with E-state index in [2.05, 4.69) is 15.5 Å². The van der Waals surface area contributed by atoms with Crippen molar-refractivity contribution in [3.63, 3.8) is 0 Å². The lowest BCUT2D eigenvalue weighted by Gasteiger charge is -2.36. The van der Waals surface area contributed by atoms with Gasteiger partial charge in [-0.25, -0.2) is 4.39 Å². The maximum Gasteiger partial charge on any atom is 0.227 e. The molecule has 4 nitrogen and oxygen atoms in total. The first-order valence-corrected chi connectivity index (χ1v) is 6.99. The van der Waals surface area contributed by atoms with E-state index in [-0.39, 0.29) is 5.82 Å². The molecule has 1 aromatic carbocycles. The predicted molar refractivity (Wildman–Crippen MR) is 72.9 cm³/mol. The number of aryl methyl sites for hydroxylation is 1. The van der Waals surface area contributed by atoms with Gasteiger partial charge in [-0.2, -0.15) is 4.98 Å². The third-order valence-corrected chi connectivity index (χ3v) is 3.82. The molecule has 20 heavy (non-hydrogen) atoms. The van der Waals surface area contributed by atoms with Crippen LogP contribution in [-0.2, 0) is 6.42 Å². The molecule has 0 amide bonds. The highest BCUT2D eigenvalue weighted by molar-refractivity contribution is 5.23. The molecular formula is C15H18FN3O. The highest BCUT2D eigenvalue weighted by Gasteiger charge is 2.29. The molecule has 0 spiro atoms. The number of hydrogen-bond acceptors (Lipinski definition) is 4. The zero-order chi connectivity index (χ0) is 13.9. The number of aromatic nitrogens is 2. The third kappa shape index (κ3) is 3.04. The van der Waals surface area contributed by atoms with Gasteiger partial charge in [-0.05, 0) is 43.4 Å². The molecule has 2 aromatic rings. The molecule has 0 aliphatic heterocycles. The number of benzene rings is 1. The fraction of sp³-hybridized carbons (Fsp3) is 0.467. The second-order valence-corrected chi connectivity index (χ2v) is 5.36. The Bertz CT molecular complexity index is 561. The third-order valence-electron chi connectivity index (χ3n) is 3.82. The van der Waals surface area contributed by atoms with Crippen LogP contribution in [0.3, 0.4) is 0 Å². The fourth-order valence-corrected chi connectivity index (χ4v) is 2.62. The van der Waals surface area contributed by atoms with Crippen LogP contribution in [0.1, 0.15) is 36.0 Å². The summed E-state index contributed by atoms with van der Waals surface area (Å²) in [6, 6.07) is 7.38. The predicted octanol–water partition coefficient (Wildman–Crippen LogP) is 2.60. The number of halogens is 1. The van der Waals surface area contributed by atoms with Crippen LogP contribution < -0.4 is 5.32 Å². The topological polar surface area (TPSA) is 51.0 Å². The molecule has 1 N–H and O–H groups in total. The number of nitrogens with zero attached hydrogens (tertiary/aromatic N) is 2. The highest BCUT2D eigenvalue weighted by atomic mass is 19.1. The van der Waals surface area contributed by atoms with Gasteiger partial charge in [0.15, 0.2) is 5.82 Å².